The van der Waals surface area contributed by atoms with Gasteiger partial charge in [-0.1, -0.05) is 28.1 Å². The van der Waals surface area contributed by atoms with Crippen LogP contribution in [0.2, 0.25) is 0 Å². The zero-order valence-corrected chi connectivity index (χ0v) is 11.7. The fourth-order valence-corrected chi connectivity index (χ4v) is 1.89. The van der Waals surface area contributed by atoms with Crippen molar-refractivity contribution < 1.29 is 14.3 Å². The summed E-state index contributed by atoms with van der Waals surface area (Å²) in [6.45, 7) is 0. The Kier molecular flexibility index (Phi) is 5.65. The van der Waals surface area contributed by atoms with E-state index < -0.39 is 5.97 Å². The van der Waals surface area contributed by atoms with Gasteiger partial charge in [0, 0.05) is 11.8 Å². The highest BCUT2D eigenvalue weighted by atomic mass is 79.9. The highest BCUT2D eigenvalue weighted by Crippen LogP contribution is 2.16. The second kappa shape index (κ2) is 6.77. The summed E-state index contributed by atoms with van der Waals surface area (Å²) in [4.78, 5) is 22.9. The number of ketones is 1. The van der Waals surface area contributed by atoms with Gasteiger partial charge in [0.15, 0.2) is 5.78 Å². The first-order valence-electron chi connectivity index (χ1n) is 4.96. The van der Waals surface area contributed by atoms with Gasteiger partial charge in [0.1, 0.15) is 0 Å². The molecule has 0 unspecified atom stereocenters. The van der Waals surface area contributed by atoms with Crippen molar-refractivity contribution in [2.24, 2.45) is 0 Å². The molecule has 0 aromatic heterocycles. The molecule has 0 radical (unpaired) electrons. The Labute approximate surface area is 113 Å². The van der Waals surface area contributed by atoms with E-state index in [1.54, 1.807) is 6.07 Å². The first-order chi connectivity index (χ1) is 8.12. The number of carbonyl (C=O) groups excluding carboxylic acids is 2. The van der Waals surface area contributed by atoms with Gasteiger partial charge >= 0.3 is 5.97 Å². The first-order valence-corrected chi connectivity index (χ1v) is 6.61. The van der Waals surface area contributed by atoms with E-state index >= 15 is 0 Å². The van der Waals surface area contributed by atoms with E-state index in [-0.39, 0.29) is 18.1 Å². The Hall–Kier alpha value is -0.870. The first kappa shape index (κ1) is 14.2. The molecular weight excluding hydrogens is 307 g/mol. The van der Waals surface area contributed by atoms with Gasteiger partial charge in [0.2, 0.25) is 0 Å². The number of alkyl halides is 2. The molecule has 0 saturated carbocycles. The quantitative estimate of drug-likeness (QED) is 0.619. The van der Waals surface area contributed by atoms with Gasteiger partial charge in [0.25, 0.3) is 0 Å². The third-order valence-corrected chi connectivity index (χ3v) is 3.21. The van der Waals surface area contributed by atoms with Gasteiger partial charge in [-0.3, -0.25) is 4.79 Å². The number of carbonyl (C=O) groups is 2. The van der Waals surface area contributed by atoms with Crippen LogP contribution in [0.15, 0.2) is 18.2 Å². The van der Waals surface area contributed by atoms with E-state index in [0.29, 0.717) is 16.5 Å². The second-order valence-electron chi connectivity index (χ2n) is 3.47. The van der Waals surface area contributed by atoms with Crippen LogP contribution >= 0.6 is 27.5 Å². The standard InChI is InChI=1S/C12H12BrClO3/c1-17-12(16)11-3-2-8(6-13)4-9(11)5-10(15)7-14/h2-4H,5-7H2,1H3. The molecule has 0 atom stereocenters. The summed E-state index contributed by atoms with van der Waals surface area (Å²) in [5, 5.41) is 0.663. The molecule has 1 aromatic rings. The zero-order valence-electron chi connectivity index (χ0n) is 9.33. The number of hydrogen-bond donors (Lipinski definition) is 0. The zero-order chi connectivity index (χ0) is 12.8. The number of esters is 1. The Morgan fingerprint density at radius 3 is 2.65 bits per heavy atom. The summed E-state index contributed by atoms with van der Waals surface area (Å²) in [6.07, 6.45) is 0.148. The minimum absolute atomic E-state index is 0.0564. The summed E-state index contributed by atoms with van der Waals surface area (Å²) in [6, 6.07) is 5.29. The van der Waals surface area contributed by atoms with Crippen LogP contribution in [0.5, 0.6) is 0 Å². The average Bonchev–Trinajstić information content (AvgIpc) is 2.37. The maximum Gasteiger partial charge on any atom is 0.338 e. The second-order valence-corrected chi connectivity index (χ2v) is 4.29. The lowest BCUT2D eigenvalue weighted by molar-refractivity contribution is -0.116. The molecule has 1 aromatic carbocycles. The maximum absolute atomic E-state index is 11.5. The summed E-state index contributed by atoms with van der Waals surface area (Å²) in [5.41, 5.74) is 2.06. The molecule has 3 nitrogen and oxygen atoms in total. The summed E-state index contributed by atoms with van der Waals surface area (Å²) in [7, 11) is 1.31. The van der Waals surface area contributed by atoms with E-state index in [1.165, 1.54) is 7.11 Å². The number of ether oxygens (including phenoxy) is 1. The minimum Gasteiger partial charge on any atom is -0.465 e. The molecule has 0 aliphatic carbocycles. The summed E-state index contributed by atoms with van der Waals surface area (Å²) < 4.78 is 4.67. The van der Waals surface area contributed by atoms with Crippen LogP contribution in [0.25, 0.3) is 0 Å². The predicted octanol–water partition coefficient (Wildman–Crippen LogP) is 2.72. The topological polar surface area (TPSA) is 43.4 Å². The molecule has 92 valence electrons. The molecule has 5 heteroatoms. The van der Waals surface area contributed by atoms with Crippen LogP contribution in [0, 0.1) is 0 Å². The van der Waals surface area contributed by atoms with Crippen LogP contribution in [0.1, 0.15) is 21.5 Å². The van der Waals surface area contributed by atoms with E-state index in [9.17, 15) is 9.59 Å². The van der Waals surface area contributed by atoms with E-state index in [4.69, 9.17) is 11.6 Å². The van der Waals surface area contributed by atoms with Gasteiger partial charge < -0.3 is 4.74 Å². The van der Waals surface area contributed by atoms with E-state index in [2.05, 4.69) is 20.7 Å². The molecule has 0 saturated heterocycles. The third kappa shape index (κ3) is 3.82. The van der Waals surface area contributed by atoms with Crippen LogP contribution < -0.4 is 0 Å². The lowest BCUT2D eigenvalue weighted by Crippen LogP contribution is -2.11. The number of halogens is 2. The van der Waals surface area contributed by atoms with Crippen molar-refractivity contribution in [2.45, 2.75) is 11.8 Å². The van der Waals surface area contributed by atoms with Crippen molar-refractivity contribution in [3.63, 3.8) is 0 Å². The molecule has 0 amide bonds. The van der Waals surface area contributed by atoms with Gasteiger partial charge in [-0.05, 0) is 17.2 Å². The number of Topliss-reactive ketones (excluding diaryl/α,β-unsaturated/α-hetero) is 1. The summed E-state index contributed by atoms with van der Waals surface area (Å²) >= 11 is 8.79. The third-order valence-electron chi connectivity index (χ3n) is 2.27. The number of rotatable bonds is 5. The number of methoxy groups -OCH3 is 1. The van der Waals surface area contributed by atoms with Gasteiger partial charge in [-0.15, -0.1) is 11.6 Å². The lowest BCUT2D eigenvalue weighted by Gasteiger charge is -2.08. The van der Waals surface area contributed by atoms with Crippen LogP contribution in [0.4, 0.5) is 0 Å². The Bertz CT molecular complexity index is 432. The molecule has 17 heavy (non-hydrogen) atoms. The molecule has 0 aliphatic rings. The van der Waals surface area contributed by atoms with Crippen LogP contribution in [0.3, 0.4) is 0 Å². The van der Waals surface area contributed by atoms with Crippen molar-refractivity contribution in [3.8, 4) is 0 Å². The van der Waals surface area contributed by atoms with E-state index in [0.717, 1.165) is 5.56 Å². The fourth-order valence-electron chi connectivity index (χ4n) is 1.45. The van der Waals surface area contributed by atoms with Gasteiger partial charge in [0.05, 0.1) is 18.6 Å². The van der Waals surface area contributed by atoms with Crippen molar-refractivity contribution in [3.05, 3.63) is 34.9 Å². The Morgan fingerprint density at radius 2 is 2.12 bits per heavy atom. The normalized spacial score (nSPS) is 10.1. The monoisotopic (exact) mass is 318 g/mol. The van der Waals surface area contributed by atoms with Crippen molar-refractivity contribution in [1.82, 2.24) is 0 Å². The van der Waals surface area contributed by atoms with Crippen LogP contribution in [-0.4, -0.2) is 24.7 Å². The molecular formula is C12H12BrClO3. The lowest BCUT2D eigenvalue weighted by atomic mass is 10.0. The highest BCUT2D eigenvalue weighted by Gasteiger charge is 2.14. The predicted molar refractivity (Wildman–Crippen MR) is 69.8 cm³/mol. The van der Waals surface area contributed by atoms with Gasteiger partial charge in [-0.25, -0.2) is 4.79 Å². The minimum atomic E-state index is -0.441. The number of benzene rings is 1. The average molecular weight is 320 g/mol. The highest BCUT2D eigenvalue weighted by molar-refractivity contribution is 9.08. The largest absolute Gasteiger partial charge is 0.465 e. The molecule has 0 bridgehead atoms. The van der Waals surface area contributed by atoms with Crippen LogP contribution in [-0.2, 0) is 21.3 Å². The van der Waals surface area contributed by atoms with Crippen molar-refractivity contribution in [1.29, 1.82) is 0 Å². The smallest absolute Gasteiger partial charge is 0.338 e. The maximum atomic E-state index is 11.5. The SMILES string of the molecule is COC(=O)c1ccc(CBr)cc1CC(=O)CCl. The van der Waals surface area contributed by atoms with Crippen molar-refractivity contribution >= 4 is 39.3 Å². The molecule has 0 fully saturated rings. The molecule has 0 aliphatic heterocycles. The Morgan fingerprint density at radius 1 is 1.41 bits per heavy atom. The Balaban J connectivity index is 3.11. The fraction of sp³-hybridized carbons (Fsp3) is 0.333. The van der Waals surface area contributed by atoms with Gasteiger partial charge in [-0.2, -0.15) is 0 Å². The van der Waals surface area contributed by atoms with Crippen molar-refractivity contribution in [2.75, 3.05) is 13.0 Å². The molecule has 1 rings (SSSR count). The molecule has 0 N–H and O–H groups in total. The summed E-state index contributed by atoms with van der Waals surface area (Å²) in [5.74, 6) is -0.619. The number of hydrogen-bond acceptors (Lipinski definition) is 3. The molecule has 0 heterocycles. The molecule has 0 spiro atoms. The van der Waals surface area contributed by atoms with E-state index in [1.807, 2.05) is 12.1 Å².